The van der Waals surface area contributed by atoms with Gasteiger partial charge >= 0.3 is 0 Å². The predicted molar refractivity (Wildman–Crippen MR) is 73.2 cm³/mol. The first-order valence-electron chi connectivity index (χ1n) is 6.49. The van der Waals surface area contributed by atoms with Gasteiger partial charge in [-0.25, -0.2) is 0 Å². The van der Waals surface area contributed by atoms with Crippen molar-refractivity contribution in [2.45, 2.75) is 40.3 Å². The van der Waals surface area contributed by atoms with Gasteiger partial charge in [-0.15, -0.1) is 0 Å². The average molecular weight is 246 g/mol. The number of aryl methyl sites for hydroxylation is 1. The molecule has 1 heterocycles. The molecule has 0 saturated heterocycles. The first-order chi connectivity index (χ1) is 8.38. The number of hydrogen-bond acceptors (Lipinski definition) is 2. The molecule has 0 saturated carbocycles. The van der Waals surface area contributed by atoms with Gasteiger partial charge in [0.15, 0.2) is 0 Å². The van der Waals surface area contributed by atoms with E-state index in [0.29, 0.717) is 0 Å². The number of fused-ring (bicyclic) bond motifs is 1. The molecule has 0 radical (unpaired) electrons. The molecule has 98 valence electrons. The normalized spacial score (nSPS) is 19.2. The molecular weight excluding hydrogens is 224 g/mol. The highest BCUT2D eigenvalue weighted by molar-refractivity contribution is 5.81. The maximum absolute atomic E-state index is 12.1. The Labute approximate surface area is 109 Å². The van der Waals surface area contributed by atoms with E-state index < -0.39 is 0 Å². The van der Waals surface area contributed by atoms with Crippen LogP contribution in [0.4, 0.5) is 0 Å². The van der Waals surface area contributed by atoms with Crippen LogP contribution in [0.3, 0.4) is 0 Å². The Morgan fingerprint density at radius 3 is 2.78 bits per heavy atom. The van der Waals surface area contributed by atoms with Crippen LogP contribution in [0.1, 0.15) is 43.5 Å². The maximum atomic E-state index is 12.1. The number of hydrogen-bond donors (Lipinski definition) is 2. The van der Waals surface area contributed by atoms with Gasteiger partial charge < -0.3 is 10.6 Å². The maximum Gasteiger partial charge on any atom is 0.225 e. The molecule has 18 heavy (non-hydrogen) atoms. The van der Waals surface area contributed by atoms with Crippen molar-refractivity contribution in [1.82, 2.24) is 10.6 Å². The third-order valence-electron chi connectivity index (χ3n) is 3.32. The Hall–Kier alpha value is -1.35. The summed E-state index contributed by atoms with van der Waals surface area (Å²) in [6.45, 7) is 9.60. The van der Waals surface area contributed by atoms with E-state index in [1.807, 2.05) is 20.8 Å². The Morgan fingerprint density at radius 1 is 1.39 bits per heavy atom. The molecule has 0 aromatic heterocycles. The molecule has 1 atom stereocenters. The molecule has 0 fully saturated rings. The molecule has 1 aromatic rings. The smallest absolute Gasteiger partial charge is 0.225 e. The van der Waals surface area contributed by atoms with Crippen molar-refractivity contribution >= 4 is 5.91 Å². The Kier molecular flexibility index (Phi) is 3.44. The molecule has 0 spiro atoms. The monoisotopic (exact) mass is 246 g/mol. The highest BCUT2D eigenvalue weighted by atomic mass is 16.2. The van der Waals surface area contributed by atoms with E-state index in [1.165, 1.54) is 16.7 Å². The lowest BCUT2D eigenvalue weighted by Crippen LogP contribution is -2.43. The van der Waals surface area contributed by atoms with Gasteiger partial charge in [-0.3, -0.25) is 4.79 Å². The molecular formula is C15H22N2O. The van der Waals surface area contributed by atoms with E-state index in [2.05, 4.69) is 35.8 Å². The van der Waals surface area contributed by atoms with Crippen LogP contribution in [0.15, 0.2) is 18.2 Å². The number of rotatable bonds is 1. The van der Waals surface area contributed by atoms with E-state index in [1.54, 1.807) is 0 Å². The van der Waals surface area contributed by atoms with E-state index in [0.717, 1.165) is 13.1 Å². The quantitative estimate of drug-likeness (QED) is 0.798. The van der Waals surface area contributed by atoms with Crippen molar-refractivity contribution < 1.29 is 4.79 Å². The first-order valence-corrected chi connectivity index (χ1v) is 6.49. The minimum Gasteiger partial charge on any atom is -0.348 e. The zero-order valence-electron chi connectivity index (χ0n) is 11.6. The van der Waals surface area contributed by atoms with E-state index in [9.17, 15) is 4.79 Å². The summed E-state index contributed by atoms with van der Waals surface area (Å²) >= 11 is 0. The Balaban J connectivity index is 2.21. The van der Waals surface area contributed by atoms with Gasteiger partial charge in [0.1, 0.15) is 0 Å². The van der Waals surface area contributed by atoms with Crippen LogP contribution in [0.25, 0.3) is 0 Å². The van der Waals surface area contributed by atoms with Gasteiger partial charge in [0.2, 0.25) is 5.91 Å². The molecule has 2 rings (SSSR count). The van der Waals surface area contributed by atoms with Crippen LogP contribution in [0.2, 0.25) is 0 Å². The van der Waals surface area contributed by atoms with Crippen LogP contribution >= 0.6 is 0 Å². The summed E-state index contributed by atoms with van der Waals surface area (Å²) in [5.41, 5.74) is 3.46. The minimum absolute atomic E-state index is 0.0843. The van der Waals surface area contributed by atoms with E-state index in [4.69, 9.17) is 0 Å². The highest BCUT2D eigenvalue weighted by Gasteiger charge is 2.27. The fourth-order valence-corrected chi connectivity index (χ4v) is 2.19. The Bertz CT molecular complexity index is 460. The zero-order valence-corrected chi connectivity index (χ0v) is 11.6. The number of carbonyl (C=O) groups is 1. The lowest BCUT2D eigenvalue weighted by molar-refractivity contribution is -0.129. The second-order valence-corrected chi connectivity index (χ2v) is 6.11. The summed E-state index contributed by atoms with van der Waals surface area (Å²) in [6, 6.07) is 6.53. The molecule has 1 unspecified atom stereocenters. The molecule has 1 aliphatic heterocycles. The van der Waals surface area contributed by atoms with E-state index >= 15 is 0 Å². The Morgan fingerprint density at radius 2 is 2.11 bits per heavy atom. The largest absolute Gasteiger partial charge is 0.348 e. The topological polar surface area (TPSA) is 41.1 Å². The van der Waals surface area contributed by atoms with Crippen molar-refractivity contribution in [2.24, 2.45) is 5.41 Å². The molecule has 0 aliphatic carbocycles. The molecule has 1 aromatic carbocycles. The highest BCUT2D eigenvalue weighted by Crippen LogP contribution is 2.24. The number of amides is 1. The molecule has 1 aliphatic rings. The van der Waals surface area contributed by atoms with Gasteiger partial charge in [0.25, 0.3) is 0 Å². The molecule has 2 N–H and O–H groups in total. The summed E-state index contributed by atoms with van der Waals surface area (Å²) in [5, 5.41) is 6.49. The third-order valence-corrected chi connectivity index (χ3v) is 3.32. The number of carbonyl (C=O) groups excluding carboxylic acids is 1. The summed E-state index contributed by atoms with van der Waals surface area (Å²) in [6.07, 6.45) is 0. The first kappa shape index (κ1) is 13.1. The van der Waals surface area contributed by atoms with Gasteiger partial charge in [-0.2, -0.15) is 0 Å². The third kappa shape index (κ3) is 2.72. The summed E-state index contributed by atoms with van der Waals surface area (Å²) in [5.74, 6) is 0.0997. The van der Waals surface area contributed by atoms with Crippen molar-refractivity contribution in [3.8, 4) is 0 Å². The van der Waals surface area contributed by atoms with Crippen LogP contribution in [0.5, 0.6) is 0 Å². The number of benzene rings is 1. The number of nitrogens with one attached hydrogen (secondary N) is 2. The standard InChI is InChI=1S/C15H22N2O/c1-10-5-6-12-11(7-10)8-16-9-13(12)17-14(18)15(2,3)4/h5-7,13,16H,8-9H2,1-4H3,(H,17,18). The van der Waals surface area contributed by atoms with Gasteiger partial charge in [-0.05, 0) is 18.1 Å². The summed E-state index contributed by atoms with van der Waals surface area (Å²) in [7, 11) is 0. The van der Waals surface area contributed by atoms with Crippen LogP contribution in [-0.4, -0.2) is 12.5 Å². The molecule has 3 nitrogen and oxygen atoms in total. The van der Waals surface area contributed by atoms with Crippen molar-refractivity contribution in [1.29, 1.82) is 0 Å². The second kappa shape index (κ2) is 4.73. The van der Waals surface area contributed by atoms with Gasteiger partial charge in [-0.1, -0.05) is 44.5 Å². The summed E-state index contributed by atoms with van der Waals surface area (Å²) < 4.78 is 0. The second-order valence-electron chi connectivity index (χ2n) is 6.11. The molecule has 0 bridgehead atoms. The average Bonchev–Trinajstić information content (AvgIpc) is 2.27. The van der Waals surface area contributed by atoms with Crippen molar-refractivity contribution in [3.05, 3.63) is 34.9 Å². The predicted octanol–water partition coefficient (Wildman–Crippen LogP) is 2.30. The fraction of sp³-hybridized carbons (Fsp3) is 0.533. The summed E-state index contributed by atoms with van der Waals surface area (Å²) in [4.78, 5) is 12.1. The SMILES string of the molecule is Cc1ccc2c(c1)CNCC2NC(=O)C(C)(C)C. The zero-order chi connectivity index (χ0) is 13.3. The lowest BCUT2D eigenvalue weighted by Gasteiger charge is -2.30. The fourth-order valence-electron chi connectivity index (χ4n) is 2.19. The van der Waals surface area contributed by atoms with Crippen LogP contribution in [-0.2, 0) is 11.3 Å². The molecule has 1 amide bonds. The minimum atomic E-state index is -0.345. The van der Waals surface area contributed by atoms with Crippen molar-refractivity contribution in [2.75, 3.05) is 6.54 Å². The van der Waals surface area contributed by atoms with Gasteiger partial charge in [0, 0.05) is 18.5 Å². The van der Waals surface area contributed by atoms with Gasteiger partial charge in [0.05, 0.1) is 6.04 Å². The van der Waals surface area contributed by atoms with Crippen molar-refractivity contribution in [3.63, 3.8) is 0 Å². The van der Waals surface area contributed by atoms with Crippen LogP contribution in [0, 0.1) is 12.3 Å². The lowest BCUT2D eigenvalue weighted by atomic mass is 9.91. The molecule has 3 heteroatoms. The van der Waals surface area contributed by atoms with Crippen LogP contribution < -0.4 is 10.6 Å². The van der Waals surface area contributed by atoms with E-state index in [-0.39, 0.29) is 17.4 Å².